The standard InChI is InChI=1S/C26H19Cl2NO3/c1-15-23(26(31)32-16(2)25(30)17-10-12-19(27)13-11-17)21-8-3-4-9-22(21)29-24(15)18-6-5-7-20(28)14-18/h3-14,16H,1-2H3. The van der Waals surface area contributed by atoms with Gasteiger partial charge in [-0.1, -0.05) is 53.5 Å². The molecule has 1 aromatic heterocycles. The molecular formula is C26H19Cl2NO3. The number of hydrogen-bond acceptors (Lipinski definition) is 4. The van der Waals surface area contributed by atoms with Crippen LogP contribution in [-0.4, -0.2) is 22.8 Å². The van der Waals surface area contributed by atoms with E-state index in [4.69, 9.17) is 32.9 Å². The Hall–Kier alpha value is -3.21. The molecule has 3 aromatic carbocycles. The highest BCUT2D eigenvalue weighted by Crippen LogP contribution is 2.31. The molecule has 4 nitrogen and oxygen atoms in total. The molecule has 0 saturated carbocycles. The molecule has 0 spiro atoms. The second kappa shape index (κ2) is 9.11. The molecule has 1 heterocycles. The lowest BCUT2D eigenvalue weighted by atomic mass is 9.97. The Morgan fingerprint density at radius 2 is 1.62 bits per heavy atom. The topological polar surface area (TPSA) is 56.3 Å². The van der Waals surface area contributed by atoms with Gasteiger partial charge in [0.1, 0.15) is 0 Å². The third kappa shape index (κ3) is 4.38. The maximum Gasteiger partial charge on any atom is 0.339 e. The minimum atomic E-state index is -0.968. The number of ether oxygens (including phenoxy) is 1. The van der Waals surface area contributed by atoms with Crippen molar-refractivity contribution < 1.29 is 14.3 Å². The van der Waals surface area contributed by atoms with Gasteiger partial charge in [0.25, 0.3) is 0 Å². The lowest BCUT2D eigenvalue weighted by Crippen LogP contribution is -2.25. The number of halogens is 2. The van der Waals surface area contributed by atoms with E-state index in [1.54, 1.807) is 43.3 Å². The summed E-state index contributed by atoms with van der Waals surface area (Å²) in [5, 5.41) is 1.76. The van der Waals surface area contributed by atoms with Crippen molar-refractivity contribution >= 4 is 45.9 Å². The summed E-state index contributed by atoms with van der Waals surface area (Å²) in [6.07, 6.45) is -0.968. The first-order valence-corrected chi connectivity index (χ1v) is 10.8. The Bertz CT molecular complexity index is 1330. The van der Waals surface area contributed by atoms with Crippen LogP contribution in [0.2, 0.25) is 10.0 Å². The lowest BCUT2D eigenvalue weighted by Gasteiger charge is -2.17. The number of rotatable bonds is 5. The predicted molar refractivity (Wildman–Crippen MR) is 128 cm³/mol. The number of benzene rings is 3. The van der Waals surface area contributed by atoms with E-state index in [-0.39, 0.29) is 5.78 Å². The summed E-state index contributed by atoms with van der Waals surface area (Å²) in [5.74, 6) is -0.889. The predicted octanol–water partition coefficient (Wildman–Crippen LogP) is 6.95. The molecule has 0 aliphatic carbocycles. The van der Waals surface area contributed by atoms with Crippen molar-refractivity contribution in [1.82, 2.24) is 4.98 Å². The van der Waals surface area contributed by atoms with Crippen molar-refractivity contribution in [2.24, 2.45) is 0 Å². The fraction of sp³-hybridized carbons (Fsp3) is 0.115. The second-order valence-corrected chi connectivity index (χ2v) is 8.28. The van der Waals surface area contributed by atoms with Crippen LogP contribution in [-0.2, 0) is 4.74 Å². The fourth-order valence-electron chi connectivity index (χ4n) is 3.61. The van der Waals surface area contributed by atoms with E-state index in [2.05, 4.69) is 0 Å². The minimum absolute atomic E-state index is 0.305. The average molecular weight is 464 g/mol. The summed E-state index contributed by atoms with van der Waals surface area (Å²) in [7, 11) is 0. The number of pyridine rings is 1. The van der Waals surface area contributed by atoms with E-state index in [1.807, 2.05) is 43.3 Å². The van der Waals surface area contributed by atoms with Gasteiger partial charge in [0, 0.05) is 26.6 Å². The van der Waals surface area contributed by atoms with Gasteiger partial charge in [0.05, 0.1) is 16.8 Å². The van der Waals surface area contributed by atoms with Crippen LogP contribution >= 0.6 is 23.2 Å². The molecule has 0 amide bonds. The maximum atomic E-state index is 13.3. The molecule has 0 saturated heterocycles. The number of esters is 1. The second-order valence-electron chi connectivity index (χ2n) is 7.41. The zero-order chi connectivity index (χ0) is 22.8. The number of fused-ring (bicyclic) bond motifs is 1. The van der Waals surface area contributed by atoms with E-state index >= 15 is 0 Å². The number of para-hydroxylation sites is 1. The first-order chi connectivity index (χ1) is 15.3. The molecule has 160 valence electrons. The molecule has 0 aliphatic rings. The molecule has 0 N–H and O–H groups in total. The highest BCUT2D eigenvalue weighted by molar-refractivity contribution is 6.31. The molecule has 32 heavy (non-hydrogen) atoms. The molecule has 6 heteroatoms. The van der Waals surface area contributed by atoms with Crippen molar-refractivity contribution in [2.75, 3.05) is 0 Å². The molecule has 0 aliphatic heterocycles. The van der Waals surface area contributed by atoms with Gasteiger partial charge in [-0.3, -0.25) is 4.79 Å². The Morgan fingerprint density at radius 3 is 2.34 bits per heavy atom. The average Bonchev–Trinajstić information content (AvgIpc) is 2.78. The Balaban J connectivity index is 1.74. The smallest absolute Gasteiger partial charge is 0.339 e. The molecular weight excluding hydrogens is 445 g/mol. The quantitative estimate of drug-likeness (QED) is 0.237. The van der Waals surface area contributed by atoms with Gasteiger partial charge in [-0.25, -0.2) is 9.78 Å². The zero-order valence-corrected chi connectivity index (χ0v) is 18.9. The van der Waals surface area contributed by atoms with Crippen LogP contribution in [0.3, 0.4) is 0 Å². The molecule has 0 bridgehead atoms. The zero-order valence-electron chi connectivity index (χ0n) is 17.4. The largest absolute Gasteiger partial charge is 0.451 e. The lowest BCUT2D eigenvalue weighted by molar-refractivity contribution is 0.0320. The van der Waals surface area contributed by atoms with E-state index in [9.17, 15) is 9.59 Å². The highest BCUT2D eigenvalue weighted by Gasteiger charge is 2.25. The van der Waals surface area contributed by atoms with Gasteiger partial charge < -0.3 is 4.74 Å². The summed E-state index contributed by atoms with van der Waals surface area (Å²) in [6.45, 7) is 3.38. The molecule has 4 rings (SSSR count). The summed E-state index contributed by atoms with van der Waals surface area (Å²) < 4.78 is 5.61. The molecule has 0 fully saturated rings. The van der Waals surface area contributed by atoms with Crippen molar-refractivity contribution in [3.05, 3.63) is 99.5 Å². The van der Waals surface area contributed by atoms with Gasteiger partial charge in [-0.2, -0.15) is 0 Å². The number of nitrogens with zero attached hydrogens (tertiary/aromatic N) is 1. The fourth-order valence-corrected chi connectivity index (χ4v) is 3.93. The van der Waals surface area contributed by atoms with Gasteiger partial charge in [0.2, 0.25) is 5.78 Å². The number of hydrogen-bond donors (Lipinski definition) is 0. The number of carbonyl (C=O) groups excluding carboxylic acids is 2. The monoisotopic (exact) mass is 463 g/mol. The molecule has 1 atom stereocenters. The summed E-state index contributed by atoms with van der Waals surface area (Å²) in [5.41, 5.74) is 3.53. The van der Waals surface area contributed by atoms with Crippen LogP contribution in [0.4, 0.5) is 0 Å². The van der Waals surface area contributed by atoms with Gasteiger partial charge in [-0.15, -0.1) is 0 Å². The SMILES string of the molecule is Cc1c(-c2cccc(Cl)c2)nc2ccccc2c1C(=O)OC(C)C(=O)c1ccc(Cl)cc1. The van der Waals surface area contributed by atoms with Gasteiger partial charge in [0.15, 0.2) is 6.10 Å². The first kappa shape index (κ1) is 22.0. The van der Waals surface area contributed by atoms with E-state index in [0.717, 1.165) is 5.56 Å². The van der Waals surface area contributed by atoms with Crippen LogP contribution in [0.5, 0.6) is 0 Å². The minimum Gasteiger partial charge on any atom is -0.451 e. The normalized spacial score (nSPS) is 11.9. The van der Waals surface area contributed by atoms with Crippen molar-refractivity contribution in [2.45, 2.75) is 20.0 Å². The van der Waals surface area contributed by atoms with E-state index < -0.39 is 12.1 Å². The number of ketones is 1. The summed E-state index contributed by atoms with van der Waals surface area (Å²) in [4.78, 5) is 30.8. The van der Waals surface area contributed by atoms with Crippen LogP contribution in [0.1, 0.15) is 33.2 Å². The Kier molecular flexibility index (Phi) is 6.26. The van der Waals surface area contributed by atoms with E-state index in [0.29, 0.717) is 43.3 Å². The van der Waals surface area contributed by atoms with Gasteiger partial charge in [-0.05, 0) is 61.9 Å². The Morgan fingerprint density at radius 1 is 0.906 bits per heavy atom. The summed E-state index contributed by atoms with van der Waals surface area (Å²) in [6, 6.07) is 21.1. The number of Topliss-reactive ketones (excluding diaryl/α,β-unsaturated/α-hetero) is 1. The third-order valence-corrected chi connectivity index (χ3v) is 5.71. The highest BCUT2D eigenvalue weighted by atomic mass is 35.5. The van der Waals surface area contributed by atoms with Crippen LogP contribution in [0, 0.1) is 6.92 Å². The third-order valence-electron chi connectivity index (χ3n) is 5.22. The first-order valence-electron chi connectivity index (χ1n) is 10.0. The molecule has 1 unspecified atom stereocenters. The van der Waals surface area contributed by atoms with Crippen molar-refractivity contribution in [3.63, 3.8) is 0 Å². The van der Waals surface area contributed by atoms with Gasteiger partial charge >= 0.3 is 5.97 Å². The number of aromatic nitrogens is 1. The Labute approximate surface area is 195 Å². The number of carbonyl (C=O) groups is 2. The van der Waals surface area contributed by atoms with Crippen LogP contribution < -0.4 is 0 Å². The van der Waals surface area contributed by atoms with Crippen LogP contribution in [0.15, 0.2) is 72.8 Å². The summed E-state index contributed by atoms with van der Waals surface area (Å²) >= 11 is 12.1. The van der Waals surface area contributed by atoms with E-state index in [1.165, 1.54) is 0 Å². The maximum absolute atomic E-state index is 13.3. The van der Waals surface area contributed by atoms with Crippen LogP contribution in [0.25, 0.3) is 22.2 Å². The van der Waals surface area contributed by atoms with Crippen molar-refractivity contribution in [1.29, 1.82) is 0 Å². The molecule has 0 radical (unpaired) electrons. The molecule has 4 aromatic rings. The van der Waals surface area contributed by atoms with Crippen molar-refractivity contribution in [3.8, 4) is 11.3 Å².